The van der Waals surface area contributed by atoms with Crippen molar-refractivity contribution < 1.29 is 23.5 Å². The number of carbonyl (C=O) groups is 3. The fourth-order valence-corrected chi connectivity index (χ4v) is 4.16. The van der Waals surface area contributed by atoms with Crippen LogP contribution in [-0.2, 0) is 9.53 Å². The average molecular weight is 492 g/mol. The van der Waals surface area contributed by atoms with Gasteiger partial charge in [-0.25, -0.2) is 9.80 Å². The van der Waals surface area contributed by atoms with Crippen LogP contribution in [0.15, 0.2) is 33.5 Å². The highest BCUT2D eigenvalue weighted by Crippen LogP contribution is 2.29. The highest BCUT2D eigenvalue weighted by atomic mass is 35.5. The normalized spacial score (nSPS) is 18.3. The minimum absolute atomic E-state index is 0.0284. The van der Waals surface area contributed by atoms with Crippen LogP contribution in [0.5, 0.6) is 0 Å². The Bertz CT molecular complexity index is 1150. The third-order valence-corrected chi connectivity index (χ3v) is 5.76. The topological polar surface area (TPSA) is 109 Å². The van der Waals surface area contributed by atoms with Crippen LogP contribution in [0.2, 0.25) is 5.02 Å². The number of rotatable bonds is 3. The van der Waals surface area contributed by atoms with Crippen LogP contribution in [0.1, 0.15) is 57.0 Å². The van der Waals surface area contributed by atoms with E-state index >= 15 is 0 Å². The Morgan fingerprint density at radius 2 is 1.85 bits per heavy atom. The zero-order valence-electron chi connectivity index (χ0n) is 20.0. The molecule has 0 bridgehead atoms. The number of nitrogens with one attached hydrogen (secondary N) is 1. The van der Waals surface area contributed by atoms with Crippen LogP contribution in [0.3, 0.4) is 0 Å². The maximum absolute atomic E-state index is 13.1. The molecule has 1 heterocycles. The van der Waals surface area contributed by atoms with Crippen molar-refractivity contribution in [1.82, 2.24) is 15.3 Å². The number of ether oxygens (including phenoxy) is 1. The molecule has 34 heavy (non-hydrogen) atoms. The van der Waals surface area contributed by atoms with Crippen molar-refractivity contribution >= 4 is 40.5 Å². The third-order valence-electron chi connectivity index (χ3n) is 5.53. The lowest BCUT2D eigenvalue weighted by molar-refractivity contribution is -0.134. The second-order valence-electron chi connectivity index (χ2n) is 9.66. The molecule has 3 amide bonds. The van der Waals surface area contributed by atoms with Gasteiger partial charge in [0.1, 0.15) is 11.2 Å². The fraction of sp³-hybridized carbons (Fsp3) is 0.500. The molecule has 1 aliphatic rings. The van der Waals surface area contributed by atoms with Gasteiger partial charge in [0.25, 0.3) is 0 Å². The van der Waals surface area contributed by atoms with Crippen LogP contribution < -0.4 is 10.9 Å². The predicted octanol–water partition coefficient (Wildman–Crippen LogP) is 3.98. The summed E-state index contributed by atoms with van der Waals surface area (Å²) >= 11 is 5.94. The van der Waals surface area contributed by atoms with Crippen LogP contribution >= 0.6 is 11.6 Å². The summed E-state index contributed by atoms with van der Waals surface area (Å²) < 4.78 is 11.1. The molecule has 2 atom stereocenters. The lowest BCUT2D eigenvalue weighted by Crippen LogP contribution is -2.55. The minimum Gasteiger partial charge on any atom is -0.451 e. The smallest absolute Gasteiger partial charge is 0.429 e. The van der Waals surface area contributed by atoms with Crippen LogP contribution in [0.25, 0.3) is 11.0 Å². The summed E-state index contributed by atoms with van der Waals surface area (Å²) in [5.74, 6) is -1.34. The molecule has 0 saturated heterocycles. The molecule has 0 spiro atoms. The van der Waals surface area contributed by atoms with E-state index in [-0.39, 0.29) is 28.6 Å². The summed E-state index contributed by atoms with van der Waals surface area (Å²) in [4.78, 5) is 52.7. The zero-order chi connectivity index (χ0) is 25.2. The molecule has 2 aromatic rings. The first-order valence-electron chi connectivity index (χ1n) is 11.1. The SMILES string of the molecule is CN(C)C(=O)[C@H]1CCCC(N(NC(=O)c2cc(=O)c3cc(Cl)ccc3o2)C(=O)OC(C)(C)C)C1. The van der Waals surface area contributed by atoms with Crippen molar-refractivity contribution in [3.05, 3.63) is 45.3 Å². The van der Waals surface area contributed by atoms with Gasteiger partial charge < -0.3 is 14.1 Å². The Hall–Kier alpha value is -3.07. The van der Waals surface area contributed by atoms with E-state index in [1.807, 2.05) is 0 Å². The zero-order valence-corrected chi connectivity index (χ0v) is 20.8. The highest BCUT2D eigenvalue weighted by molar-refractivity contribution is 6.31. The molecule has 10 heteroatoms. The molecule has 1 aromatic heterocycles. The van der Waals surface area contributed by atoms with E-state index in [1.165, 1.54) is 17.0 Å². The van der Waals surface area contributed by atoms with Crippen LogP contribution in [-0.4, -0.2) is 53.6 Å². The second-order valence-corrected chi connectivity index (χ2v) is 10.1. The van der Waals surface area contributed by atoms with Crippen LogP contribution in [0.4, 0.5) is 4.79 Å². The van der Waals surface area contributed by atoms with E-state index in [0.717, 1.165) is 11.1 Å². The first-order chi connectivity index (χ1) is 15.9. The van der Waals surface area contributed by atoms with Crippen molar-refractivity contribution in [2.75, 3.05) is 14.1 Å². The van der Waals surface area contributed by atoms with Gasteiger partial charge in [-0.2, -0.15) is 0 Å². The number of halogens is 1. The quantitative estimate of drug-likeness (QED) is 0.650. The van der Waals surface area contributed by atoms with Gasteiger partial charge in [-0.1, -0.05) is 18.0 Å². The monoisotopic (exact) mass is 491 g/mol. The van der Waals surface area contributed by atoms with Gasteiger partial charge in [0.05, 0.1) is 11.4 Å². The van der Waals surface area contributed by atoms with E-state index in [9.17, 15) is 19.2 Å². The predicted molar refractivity (Wildman–Crippen MR) is 127 cm³/mol. The van der Waals surface area contributed by atoms with E-state index in [4.69, 9.17) is 20.8 Å². The Labute approximate surface area is 202 Å². The van der Waals surface area contributed by atoms with E-state index in [2.05, 4.69) is 5.43 Å². The summed E-state index contributed by atoms with van der Waals surface area (Å²) in [6, 6.07) is 5.10. The molecule has 9 nitrogen and oxygen atoms in total. The number of hydrogen-bond donors (Lipinski definition) is 1. The number of amides is 3. The summed E-state index contributed by atoms with van der Waals surface area (Å²) in [6.45, 7) is 5.16. The lowest BCUT2D eigenvalue weighted by atomic mass is 9.84. The minimum atomic E-state index is -0.803. The molecule has 1 N–H and O–H groups in total. The molecule has 1 aliphatic carbocycles. The molecule has 0 aliphatic heterocycles. The molecule has 0 radical (unpaired) electrons. The van der Waals surface area contributed by atoms with Crippen molar-refractivity contribution in [1.29, 1.82) is 0 Å². The molecule has 1 unspecified atom stereocenters. The number of benzene rings is 1. The van der Waals surface area contributed by atoms with E-state index in [0.29, 0.717) is 30.7 Å². The Morgan fingerprint density at radius 3 is 2.50 bits per heavy atom. The van der Waals surface area contributed by atoms with Gasteiger partial charge in [-0.3, -0.25) is 19.8 Å². The van der Waals surface area contributed by atoms with Gasteiger partial charge >= 0.3 is 12.0 Å². The first kappa shape index (κ1) is 25.6. The summed E-state index contributed by atoms with van der Waals surface area (Å²) in [7, 11) is 3.38. The summed E-state index contributed by atoms with van der Waals surface area (Å²) in [5.41, 5.74) is 1.51. The number of carbonyl (C=O) groups excluding carboxylic acids is 3. The van der Waals surface area contributed by atoms with Crippen molar-refractivity contribution in [3.63, 3.8) is 0 Å². The second kappa shape index (κ2) is 10.0. The fourth-order valence-electron chi connectivity index (χ4n) is 3.99. The summed E-state index contributed by atoms with van der Waals surface area (Å²) in [6.07, 6.45) is 1.61. The summed E-state index contributed by atoms with van der Waals surface area (Å²) in [5, 5.41) is 1.73. The van der Waals surface area contributed by atoms with Gasteiger partial charge in [0, 0.05) is 31.1 Å². The maximum Gasteiger partial charge on any atom is 0.429 e. The largest absolute Gasteiger partial charge is 0.451 e. The highest BCUT2D eigenvalue weighted by Gasteiger charge is 2.36. The molecule has 1 saturated carbocycles. The molecule has 1 fully saturated rings. The molecular formula is C24H30ClN3O6. The van der Waals surface area contributed by atoms with Crippen molar-refractivity contribution in [3.8, 4) is 0 Å². The van der Waals surface area contributed by atoms with Crippen LogP contribution in [0, 0.1) is 5.92 Å². The number of fused-ring (bicyclic) bond motifs is 1. The van der Waals surface area contributed by atoms with Gasteiger partial charge in [-0.15, -0.1) is 0 Å². The molecule has 3 rings (SSSR count). The molecular weight excluding hydrogens is 462 g/mol. The Kier molecular flexibility index (Phi) is 7.55. The van der Waals surface area contributed by atoms with Gasteiger partial charge in [0.15, 0.2) is 11.2 Å². The average Bonchev–Trinajstić information content (AvgIpc) is 2.75. The van der Waals surface area contributed by atoms with Gasteiger partial charge in [0.2, 0.25) is 5.91 Å². The standard InChI is InChI=1S/C24H30ClN3O6/c1-24(2,3)34-23(32)28(16-8-6-7-14(11-16)22(31)27(4)5)26-21(30)20-13-18(29)17-12-15(25)9-10-19(17)33-20/h9-10,12-14,16H,6-8,11H2,1-5H3,(H,26,30)/t14-,16?/m0/s1. The first-order valence-corrected chi connectivity index (χ1v) is 11.5. The van der Waals surface area contributed by atoms with Gasteiger partial charge in [-0.05, 0) is 58.2 Å². The van der Waals surface area contributed by atoms with Crippen molar-refractivity contribution in [2.24, 2.45) is 5.92 Å². The maximum atomic E-state index is 13.1. The number of hydrogen-bond acceptors (Lipinski definition) is 6. The number of hydrazine groups is 1. The molecule has 184 valence electrons. The van der Waals surface area contributed by atoms with E-state index in [1.54, 1.807) is 40.9 Å². The number of nitrogens with zero attached hydrogens (tertiary/aromatic N) is 2. The van der Waals surface area contributed by atoms with Crippen molar-refractivity contribution in [2.45, 2.75) is 58.1 Å². The lowest BCUT2D eigenvalue weighted by Gasteiger charge is -2.37. The Morgan fingerprint density at radius 1 is 1.15 bits per heavy atom. The Balaban J connectivity index is 1.89. The third kappa shape index (κ3) is 6.08. The van der Waals surface area contributed by atoms with E-state index < -0.39 is 29.1 Å². The molecule has 1 aromatic carbocycles.